The maximum absolute atomic E-state index is 13.6. The van der Waals surface area contributed by atoms with E-state index in [2.05, 4.69) is 5.32 Å². The first-order valence-electron chi connectivity index (χ1n) is 11.3. The lowest BCUT2D eigenvalue weighted by Crippen LogP contribution is -2.46. The van der Waals surface area contributed by atoms with Crippen LogP contribution in [0.15, 0.2) is 35.2 Å². The van der Waals surface area contributed by atoms with Crippen molar-refractivity contribution in [3.05, 3.63) is 52.8 Å². The Morgan fingerprint density at radius 3 is 2.52 bits per heavy atom. The Morgan fingerprint density at radius 2 is 1.85 bits per heavy atom. The summed E-state index contributed by atoms with van der Waals surface area (Å²) in [6.07, 6.45) is 1.92. The highest BCUT2D eigenvalue weighted by molar-refractivity contribution is 7.89. The van der Waals surface area contributed by atoms with Crippen LogP contribution in [0.1, 0.15) is 47.1 Å². The molecule has 1 atom stereocenters. The SMILES string of the molecule is CCOC(=O)c1c(S(=O)(=O)N2CCCC(C(=O)NCCc3ccccc3)C2)c(C)n(C)c1C. The van der Waals surface area contributed by atoms with Gasteiger partial charge in [0, 0.05) is 38.1 Å². The summed E-state index contributed by atoms with van der Waals surface area (Å²) in [6.45, 7) is 6.12. The highest BCUT2D eigenvalue weighted by atomic mass is 32.2. The molecule has 0 saturated carbocycles. The Kier molecular flexibility index (Phi) is 7.97. The van der Waals surface area contributed by atoms with Crippen molar-refractivity contribution >= 4 is 21.9 Å². The standard InChI is InChI=1S/C24H33N3O5S/c1-5-32-24(29)21-17(2)26(4)18(3)22(21)33(30,31)27-15-9-12-20(16-27)23(28)25-14-13-19-10-7-6-8-11-19/h6-8,10-11,20H,5,9,12-16H2,1-4H3,(H,25,28). The zero-order valence-electron chi connectivity index (χ0n) is 19.8. The number of esters is 1. The van der Waals surface area contributed by atoms with Crippen LogP contribution in [0.2, 0.25) is 0 Å². The smallest absolute Gasteiger partial charge is 0.341 e. The van der Waals surface area contributed by atoms with Crippen LogP contribution >= 0.6 is 0 Å². The fourth-order valence-electron chi connectivity index (χ4n) is 4.30. The van der Waals surface area contributed by atoms with Gasteiger partial charge in [-0.25, -0.2) is 13.2 Å². The van der Waals surface area contributed by atoms with Gasteiger partial charge in [0.05, 0.1) is 12.5 Å². The molecule has 1 unspecified atom stereocenters. The van der Waals surface area contributed by atoms with Crippen molar-refractivity contribution in [3.8, 4) is 0 Å². The third-order valence-corrected chi connectivity index (χ3v) is 8.34. The number of nitrogens with zero attached hydrogens (tertiary/aromatic N) is 2. The molecule has 0 bridgehead atoms. The molecule has 33 heavy (non-hydrogen) atoms. The number of benzene rings is 1. The first kappa shape index (κ1) is 25.0. The van der Waals surface area contributed by atoms with E-state index in [-0.39, 0.29) is 29.5 Å². The molecular weight excluding hydrogens is 442 g/mol. The van der Waals surface area contributed by atoms with Gasteiger partial charge in [0.15, 0.2) is 0 Å². The van der Waals surface area contributed by atoms with Crippen LogP contribution in [0.5, 0.6) is 0 Å². The number of sulfonamides is 1. The second-order valence-electron chi connectivity index (χ2n) is 8.38. The van der Waals surface area contributed by atoms with Crippen molar-refractivity contribution in [2.45, 2.75) is 44.9 Å². The maximum Gasteiger partial charge on any atom is 0.341 e. The van der Waals surface area contributed by atoms with E-state index >= 15 is 0 Å². The lowest BCUT2D eigenvalue weighted by Gasteiger charge is -2.31. The quantitative estimate of drug-likeness (QED) is 0.592. The molecule has 1 aromatic carbocycles. The minimum atomic E-state index is -3.99. The van der Waals surface area contributed by atoms with Crippen LogP contribution in [-0.4, -0.2) is 55.4 Å². The summed E-state index contributed by atoms with van der Waals surface area (Å²) in [5.74, 6) is -1.22. The summed E-state index contributed by atoms with van der Waals surface area (Å²) in [6, 6.07) is 9.87. The molecule has 1 N–H and O–H groups in total. The zero-order chi connectivity index (χ0) is 24.2. The number of carbonyl (C=O) groups excluding carboxylic acids is 2. The number of hydrogen-bond donors (Lipinski definition) is 1. The Morgan fingerprint density at radius 1 is 1.15 bits per heavy atom. The molecule has 8 nitrogen and oxygen atoms in total. The molecule has 0 aliphatic carbocycles. The van der Waals surface area contributed by atoms with Crippen LogP contribution in [-0.2, 0) is 33.0 Å². The number of ether oxygens (including phenoxy) is 1. The molecular formula is C24H33N3O5S. The number of aromatic nitrogens is 1. The van der Waals surface area contributed by atoms with Crippen LogP contribution in [0.25, 0.3) is 0 Å². The van der Waals surface area contributed by atoms with Gasteiger partial charge in [-0.1, -0.05) is 30.3 Å². The van der Waals surface area contributed by atoms with E-state index in [4.69, 9.17) is 4.74 Å². The highest BCUT2D eigenvalue weighted by Gasteiger charge is 2.38. The predicted octanol–water partition coefficient (Wildman–Crippen LogP) is 2.58. The highest BCUT2D eigenvalue weighted by Crippen LogP contribution is 2.32. The predicted molar refractivity (Wildman–Crippen MR) is 125 cm³/mol. The molecule has 1 aliphatic rings. The summed E-state index contributed by atoms with van der Waals surface area (Å²) >= 11 is 0. The molecule has 1 aromatic heterocycles. The van der Waals surface area contributed by atoms with Crippen LogP contribution in [0, 0.1) is 19.8 Å². The molecule has 2 heterocycles. The third-order valence-electron chi connectivity index (χ3n) is 6.31. The topological polar surface area (TPSA) is 97.7 Å². The zero-order valence-corrected chi connectivity index (χ0v) is 20.6. The summed E-state index contributed by atoms with van der Waals surface area (Å²) in [7, 11) is -2.26. The van der Waals surface area contributed by atoms with Crippen LogP contribution < -0.4 is 5.32 Å². The van der Waals surface area contributed by atoms with Crippen molar-refractivity contribution in [2.75, 3.05) is 26.2 Å². The molecule has 2 aromatic rings. The fourth-order valence-corrected chi connectivity index (χ4v) is 6.30. The number of hydrogen-bond acceptors (Lipinski definition) is 5. The Bertz CT molecular complexity index is 1110. The molecule has 0 spiro atoms. The van der Waals surface area contributed by atoms with E-state index in [9.17, 15) is 18.0 Å². The van der Waals surface area contributed by atoms with E-state index in [0.717, 1.165) is 5.56 Å². The van der Waals surface area contributed by atoms with Crippen molar-refractivity contribution in [1.82, 2.24) is 14.2 Å². The van der Waals surface area contributed by atoms with Crippen molar-refractivity contribution in [3.63, 3.8) is 0 Å². The number of nitrogens with one attached hydrogen (secondary N) is 1. The van der Waals surface area contributed by atoms with Crippen molar-refractivity contribution in [2.24, 2.45) is 13.0 Å². The number of amides is 1. The largest absolute Gasteiger partial charge is 0.462 e. The van der Waals surface area contributed by atoms with Gasteiger partial charge in [-0.3, -0.25) is 4.79 Å². The van der Waals surface area contributed by atoms with Gasteiger partial charge >= 0.3 is 5.97 Å². The summed E-state index contributed by atoms with van der Waals surface area (Å²) in [5.41, 5.74) is 2.22. The van der Waals surface area contributed by atoms with E-state index in [1.807, 2.05) is 30.3 Å². The normalized spacial score (nSPS) is 17.0. The Balaban J connectivity index is 1.76. The average molecular weight is 476 g/mol. The average Bonchev–Trinajstić information content (AvgIpc) is 3.04. The van der Waals surface area contributed by atoms with Gasteiger partial charge in [-0.15, -0.1) is 0 Å². The minimum Gasteiger partial charge on any atom is -0.462 e. The van der Waals surface area contributed by atoms with E-state index in [1.165, 1.54) is 4.31 Å². The van der Waals surface area contributed by atoms with Gasteiger partial charge in [0.1, 0.15) is 10.5 Å². The maximum atomic E-state index is 13.6. The monoisotopic (exact) mass is 475 g/mol. The van der Waals surface area contributed by atoms with Gasteiger partial charge < -0.3 is 14.6 Å². The molecule has 1 fully saturated rings. The van der Waals surface area contributed by atoms with Gasteiger partial charge in [0.2, 0.25) is 15.9 Å². The number of rotatable bonds is 8. The van der Waals surface area contributed by atoms with Gasteiger partial charge in [-0.2, -0.15) is 4.31 Å². The summed E-state index contributed by atoms with van der Waals surface area (Å²) in [5, 5.41) is 2.94. The summed E-state index contributed by atoms with van der Waals surface area (Å²) < 4.78 is 35.5. The molecule has 1 amide bonds. The first-order valence-corrected chi connectivity index (χ1v) is 12.8. The van der Waals surface area contributed by atoms with Gasteiger partial charge in [0.25, 0.3) is 0 Å². The molecule has 3 rings (SSSR count). The molecule has 180 valence electrons. The third kappa shape index (κ3) is 5.30. The summed E-state index contributed by atoms with van der Waals surface area (Å²) in [4.78, 5) is 25.4. The molecule has 0 radical (unpaired) electrons. The Labute approximate surface area is 196 Å². The fraction of sp³-hybridized carbons (Fsp3) is 0.500. The second-order valence-corrected chi connectivity index (χ2v) is 10.3. The van der Waals surface area contributed by atoms with Crippen molar-refractivity contribution < 1.29 is 22.7 Å². The number of carbonyl (C=O) groups is 2. The van der Waals surface area contributed by atoms with E-state index < -0.39 is 21.9 Å². The molecule has 1 saturated heterocycles. The molecule has 1 aliphatic heterocycles. The first-order chi connectivity index (χ1) is 15.7. The lowest BCUT2D eigenvalue weighted by atomic mass is 9.99. The number of piperidine rings is 1. The van der Waals surface area contributed by atoms with Gasteiger partial charge in [-0.05, 0) is 45.6 Å². The van der Waals surface area contributed by atoms with E-state index in [0.29, 0.717) is 43.7 Å². The Hall–Kier alpha value is -2.65. The van der Waals surface area contributed by atoms with E-state index in [1.54, 1.807) is 32.4 Å². The van der Waals surface area contributed by atoms with Crippen LogP contribution in [0.4, 0.5) is 0 Å². The second kappa shape index (κ2) is 10.5. The van der Waals surface area contributed by atoms with Crippen LogP contribution in [0.3, 0.4) is 0 Å². The minimum absolute atomic E-state index is 0.0221. The van der Waals surface area contributed by atoms with Crippen molar-refractivity contribution in [1.29, 1.82) is 0 Å². The lowest BCUT2D eigenvalue weighted by molar-refractivity contribution is -0.126. The molecule has 9 heteroatoms.